The van der Waals surface area contributed by atoms with Crippen LogP contribution in [0.5, 0.6) is 5.75 Å². The largest absolute Gasteiger partial charge is 0.492 e. The molecule has 1 unspecified atom stereocenters. The fraction of sp³-hybridized carbons (Fsp3) is 0.600. The first-order chi connectivity index (χ1) is 9.31. The summed E-state index contributed by atoms with van der Waals surface area (Å²) in [5.74, 6) is 0.991. The van der Waals surface area contributed by atoms with Crippen molar-refractivity contribution in [2.75, 3.05) is 39.5 Å². The van der Waals surface area contributed by atoms with Gasteiger partial charge in [-0.2, -0.15) is 0 Å². The van der Waals surface area contributed by atoms with Gasteiger partial charge in [0, 0.05) is 37.2 Å². The van der Waals surface area contributed by atoms with Crippen molar-refractivity contribution in [2.45, 2.75) is 13.0 Å². The molecule has 0 aromatic heterocycles. The maximum Gasteiger partial charge on any atom is 0.123 e. The maximum absolute atomic E-state index is 9.67. The Kier molecular flexibility index (Phi) is 3.73. The van der Waals surface area contributed by atoms with Crippen molar-refractivity contribution >= 4 is 0 Å². The Labute approximate surface area is 113 Å². The molecule has 3 rings (SSSR count). The Morgan fingerprint density at radius 2 is 2.16 bits per heavy atom. The van der Waals surface area contributed by atoms with Crippen LogP contribution < -0.4 is 4.74 Å². The number of fused-ring (bicyclic) bond motifs is 1. The number of hydrogen-bond acceptors (Lipinski definition) is 4. The van der Waals surface area contributed by atoms with Crippen molar-refractivity contribution in [3.8, 4) is 5.75 Å². The molecule has 1 aromatic rings. The number of aliphatic hydroxyl groups excluding tert-OH is 1. The maximum atomic E-state index is 9.67. The number of nitrogens with zero attached hydrogens (tertiary/aromatic N) is 1. The molecule has 2 aliphatic heterocycles. The Balaban J connectivity index is 1.72. The number of para-hydroxylation sites is 1. The first-order valence-electron chi connectivity index (χ1n) is 6.93. The average molecular weight is 263 g/mol. The Morgan fingerprint density at radius 3 is 2.95 bits per heavy atom. The van der Waals surface area contributed by atoms with Crippen molar-refractivity contribution < 1.29 is 14.6 Å². The lowest BCUT2D eigenvalue weighted by molar-refractivity contribution is 0.0524. The summed E-state index contributed by atoms with van der Waals surface area (Å²) >= 11 is 0. The van der Waals surface area contributed by atoms with Gasteiger partial charge in [-0.3, -0.25) is 4.90 Å². The lowest BCUT2D eigenvalue weighted by Gasteiger charge is -2.31. The number of aliphatic hydroxyl groups is 1. The molecule has 0 spiro atoms. The van der Waals surface area contributed by atoms with Crippen LogP contribution in [0.2, 0.25) is 0 Å². The zero-order valence-electron chi connectivity index (χ0n) is 11.2. The van der Waals surface area contributed by atoms with E-state index in [1.807, 2.05) is 18.2 Å². The third-order valence-corrected chi connectivity index (χ3v) is 4.11. The molecule has 2 aliphatic rings. The highest BCUT2D eigenvalue weighted by Crippen LogP contribution is 2.31. The highest BCUT2D eigenvalue weighted by Gasteiger charge is 2.36. The monoisotopic (exact) mass is 263 g/mol. The van der Waals surface area contributed by atoms with Crippen LogP contribution in [0.25, 0.3) is 0 Å². The van der Waals surface area contributed by atoms with E-state index in [9.17, 15) is 5.11 Å². The van der Waals surface area contributed by atoms with E-state index in [0.29, 0.717) is 13.2 Å². The van der Waals surface area contributed by atoms with Crippen LogP contribution in [0.4, 0.5) is 0 Å². The van der Waals surface area contributed by atoms with Crippen LogP contribution in [-0.2, 0) is 11.3 Å². The summed E-state index contributed by atoms with van der Waals surface area (Å²) in [5, 5.41) is 9.67. The van der Waals surface area contributed by atoms with Gasteiger partial charge in [0.15, 0.2) is 0 Å². The number of hydrogen-bond donors (Lipinski definition) is 1. The van der Waals surface area contributed by atoms with Crippen molar-refractivity contribution in [1.29, 1.82) is 0 Å². The summed E-state index contributed by atoms with van der Waals surface area (Å²) < 4.78 is 11.2. The van der Waals surface area contributed by atoms with Crippen molar-refractivity contribution in [2.24, 2.45) is 5.41 Å². The molecule has 0 amide bonds. The molecule has 1 atom stereocenters. The molecule has 1 aromatic carbocycles. The highest BCUT2D eigenvalue weighted by molar-refractivity contribution is 5.33. The quantitative estimate of drug-likeness (QED) is 0.892. The van der Waals surface area contributed by atoms with Gasteiger partial charge in [-0.15, -0.1) is 0 Å². The molecule has 0 bridgehead atoms. The fourth-order valence-corrected chi connectivity index (χ4v) is 2.94. The minimum absolute atomic E-state index is 0.0840. The molecule has 4 heteroatoms. The predicted molar refractivity (Wildman–Crippen MR) is 72.2 cm³/mol. The summed E-state index contributed by atoms with van der Waals surface area (Å²) in [7, 11) is 0. The molecule has 0 radical (unpaired) electrons. The molecule has 19 heavy (non-hydrogen) atoms. The van der Waals surface area contributed by atoms with Crippen LogP contribution in [0.15, 0.2) is 24.3 Å². The van der Waals surface area contributed by atoms with Crippen LogP contribution in [0, 0.1) is 5.41 Å². The number of rotatable bonds is 3. The topological polar surface area (TPSA) is 41.9 Å². The molecule has 0 aliphatic carbocycles. The van der Waals surface area contributed by atoms with Crippen molar-refractivity contribution in [1.82, 2.24) is 4.90 Å². The standard InChI is InChI=1S/C15H21NO3/c17-11-15(5-7-18-12-15)10-16-6-8-19-14-4-2-1-3-13(14)9-16/h1-4,17H,5-12H2. The van der Waals surface area contributed by atoms with Gasteiger partial charge in [0.2, 0.25) is 0 Å². The van der Waals surface area contributed by atoms with E-state index < -0.39 is 0 Å². The van der Waals surface area contributed by atoms with E-state index in [2.05, 4.69) is 11.0 Å². The number of benzene rings is 1. The van der Waals surface area contributed by atoms with Gasteiger partial charge in [0.25, 0.3) is 0 Å². The summed E-state index contributed by atoms with van der Waals surface area (Å²) in [6.07, 6.45) is 0.947. The van der Waals surface area contributed by atoms with E-state index in [1.165, 1.54) is 5.56 Å². The van der Waals surface area contributed by atoms with Gasteiger partial charge in [0.05, 0.1) is 13.2 Å². The third-order valence-electron chi connectivity index (χ3n) is 4.11. The van der Waals surface area contributed by atoms with E-state index in [4.69, 9.17) is 9.47 Å². The molecule has 0 saturated carbocycles. The van der Waals surface area contributed by atoms with Crippen LogP contribution in [0.3, 0.4) is 0 Å². The fourth-order valence-electron chi connectivity index (χ4n) is 2.94. The molecular formula is C15H21NO3. The van der Waals surface area contributed by atoms with Crippen LogP contribution >= 0.6 is 0 Å². The van der Waals surface area contributed by atoms with E-state index in [1.54, 1.807) is 0 Å². The number of ether oxygens (including phenoxy) is 2. The summed E-state index contributed by atoms with van der Waals surface area (Å²) in [6, 6.07) is 8.20. The molecular weight excluding hydrogens is 242 g/mol. The van der Waals surface area contributed by atoms with Crippen molar-refractivity contribution in [3.05, 3.63) is 29.8 Å². The third kappa shape index (κ3) is 2.76. The van der Waals surface area contributed by atoms with Gasteiger partial charge in [-0.25, -0.2) is 0 Å². The van der Waals surface area contributed by atoms with E-state index >= 15 is 0 Å². The lowest BCUT2D eigenvalue weighted by atomic mass is 9.87. The second kappa shape index (κ2) is 5.49. The summed E-state index contributed by atoms with van der Waals surface area (Å²) in [6.45, 7) is 5.00. The zero-order valence-corrected chi connectivity index (χ0v) is 11.2. The Bertz CT molecular complexity index is 429. The summed E-state index contributed by atoms with van der Waals surface area (Å²) in [4.78, 5) is 2.37. The SMILES string of the molecule is OCC1(CN2CCOc3ccccc3C2)CCOC1. The first-order valence-corrected chi connectivity index (χ1v) is 6.93. The Morgan fingerprint density at radius 1 is 1.26 bits per heavy atom. The zero-order chi connectivity index (χ0) is 13.1. The summed E-state index contributed by atoms with van der Waals surface area (Å²) in [5.41, 5.74) is 1.14. The predicted octanol–water partition coefficient (Wildman–Crippen LogP) is 1.28. The van der Waals surface area contributed by atoms with E-state index in [-0.39, 0.29) is 12.0 Å². The van der Waals surface area contributed by atoms with Gasteiger partial charge >= 0.3 is 0 Å². The van der Waals surface area contributed by atoms with Gasteiger partial charge in [-0.05, 0) is 12.5 Å². The molecule has 1 saturated heterocycles. The van der Waals surface area contributed by atoms with Gasteiger partial charge in [0.1, 0.15) is 12.4 Å². The minimum atomic E-state index is -0.0840. The highest BCUT2D eigenvalue weighted by atomic mass is 16.5. The molecule has 1 N–H and O–H groups in total. The smallest absolute Gasteiger partial charge is 0.123 e. The Hall–Kier alpha value is -1.10. The molecule has 1 fully saturated rings. The van der Waals surface area contributed by atoms with E-state index in [0.717, 1.165) is 38.4 Å². The lowest BCUT2D eigenvalue weighted by Crippen LogP contribution is -2.41. The second-order valence-electron chi connectivity index (χ2n) is 5.63. The van der Waals surface area contributed by atoms with Crippen LogP contribution in [0.1, 0.15) is 12.0 Å². The first kappa shape index (κ1) is 12.9. The molecule has 104 valence electrons. The average Bonchev–Trinajstić information content (AvgIpc) is 2.80. The molecule has 2 heterocycles. The van der Waals surface area contributed by atoms with Gasteiger partial charge < -0.3 is 14.6 Å². The normalized spacial score (nSPS) is 27.6. The van der Waals surface area contributed by atoms with Gasteiger partial charge in [-0.1, -0.05) is 18.2 Å². The molecule has 4 nitrogen and oxygen atoms in total. The van der Waals surface area contributed by atoms with Crippen molar-refractivity contribution in [3.63, 3.8) is 0 Å². The second-order valence-corrected chi connectivity index (χ2v) is 5.63. The minimum Gasteiger partial charge on any atom is -0.492 e. The van der Waals surface area contributed by atoms with Crippen LogP contribution in [-0.4, -0.2) is 49.5 Å².